The summed E-state index contributed by atoms with van der Waals surface area (Å²) in [6.07, 6.45) is 2.89. The van der Waals surface area contributed by atoms with E-state index in [9.17, 15) is 28.8 Å². The Bertz CT molecular complexity index is 2480. The lowest BCUT2D eigenvalue weighted by molar-refractivity contribution is 0.0543. The van der Waals surface area contributed by atoms with Crippen molar-refractivity contribution >= 4 is 55.0 Å². The molecule has 0 atom stereocenters. The number of hydrogen-bond acceptors (Lipinski definition) is 8. The molecule has 0 radical (unpaired) electrons. The van der Waals surface area contributed by atoms with Crippen molar-refractivity contribution in [1.29, 1.82) is 0 Å². The molecule has 0 aliphatic carbocycles. The van der Waals surface area contributed by atoms with E-state index in [4.69, 9.17) is 9.47 Å². The molecule has 7 rings (SSSR count). The topological polar surface area (TPSA) is 131 Å². The van der Waals surface area contributed by atoms with E-state index in [1.165, 1.54) is 24.3 Å². The van der Waals surface area contributed by atoms with Gasteiger partial charge in [-0.2, -0.15) is 0 Å². The molecule has 2 heterocycles. The molecular weight excluding hydrogens is 612 g/mol. The zero-order valence-electron chi connectivity index (χ0n) is 25.2. The van der Waals surface area contributed by atoms with Crippen LogP contribution in [0.3, 0.4) is 0 Å². The molecule has 48 heavy (non-hydrogen) atoms. The minimum absolute atomic E-state index is 0.0130. The third kappa shape index (κ3) is 4.50. The molecule has 0 unspecified atom stereocenters. The summed E-state index contributed by atoms with van der Waals surface area (Å²) in [4.78, 5) is 80.8. The highest BCUT2D eigenvalue weighted by Gasteiger charge is 2.23. The molecule has 0 fully saturated rings. The first-order valence-corrected chi connectivity index (χ1v) is 14.8. The van der Waals surface area contributed by atoms with E-state index in [1.54, 1.807) is 72.8 Å². The number of fused-ring (bicyclic) bond motifs is 4. The van der Waals surface area contributed by atoms with E-state index in [-0.39, 0.29) is 57.3 Å². The van der Waals surface area contributed by atoms with Gasteiger partial charge in [-0.15, -0.1) is 0 Å². The second-order valence-electron chi connectivity index (χ2n) is 11.0. The van der Waals surface area contributed by atoms with Gasteiger partial charge in [-0.3, -0.25) is 19.2 Å². The van der Waals surface area contributed by atoms with Crippen molar-refractivity contribution < 1.29 is 19.1 Å². The quantitative estimate of drug-likeness (QED) is 0.170. The van der Waals surface area contributed by atoms with Crippen molar-refractivity contribution in [1.82, 2.24) is 9.13 Å². The Morgan fingerprint density at radius 1 is 0.500 bits per heavy atom. The van der Waals surface area contributed by atoms with Crippen LogP contribution in [0.25, 0.3) is 54.5 Å². The van der Waals surface area contributed by atoms with Gasteiger partial charge in [0.1, 0.15) is 13.2 Å². The van der Waals surface area contributed by atoms with Crippen molar-refractivity contribution in [3.8, 4) is 11.4 Å². The second kappa shape index (κ2) is 11.6. The van der Waals surface area contributed by atoms with Gasteiger partial charge in [0.05, 0.1) is 44.0 Å². The summed E-state index contributed by atoms with van der Waals surface area (Å²) in [7, 11) is 0. The first-order valence-electron chi connectivity index (χ1n) is 14.8. The Labute approximate surface area is 270 Å². The highest BCUT2D eigenvalue weighted by Crippen LogP contribution is 2.28. The van der Waals surface area contributed by atoms with Crippen molar-refractivity contribution in [3.05, 3.63) is 163 Å². The Kier molecular flexibility index (Phi) is 7.25. The molecule has 0 aliphatic rings. The van der Waals surface area contributed by atoms with Crippen LogP contribution >= 0.6 is 0 Å². The van der Waals surface area contributed by atoms with Crippen LogP contribution in [0.4, 0.5) is 0 Å². The van der Waals surface area contributed by atoms with E-state index >= 15 is 0 Å². The Balaban J connectivity index is 1.41. The highest BCUT2D eigenvalue weighted by atomic mass is 16.5. The lowest BCUT2D eigenvalue weighted by Gasteiger charge is -2.10. The molecule has 2 aromatic heterocycles. The summed E-state index contributed by atoms with van der Waals surface area (Å²) in [6.45, 7) is 7.13. The molecule has 5 aromatic carbocycles. The van der Waals surface area contributed by atoms with Crippen molar-refractivity contribution in [2.45, 2.75) is 0 Å². The fourth-order valence-electron chi connectivity index (χ4n) is 6.17. The van der Waals surface area contributed by atoms with Crippen LogP contribution < -0.4 is 22.2 Å². The summed E-state index contributed by atoms with van der Waals surface area (Å²) in [5, 5.41) is 1.70. The summed E-state index contributed by atoms with van der Waals surface area (Å²) < 4.78 is 12.4. The van der Waals surface area contributed by atoms with Gasteiger partial charge in [0.2, 0.25) is 0 Å². The fraction of sp³-hybridized carbons (Fsp3) is 0.0526. The number of rotatable bonds is 8. The zero-order chi connectivity index (χ0) is 33.7. The molecule has 10 heteroatoms. The maximum Gasteiger partial charge on any atom is 0.339 e. The monoisotopic (exact) mass is 636 g/mol. The van der Waals surface area contributed by atoms with Crippen LogP contribution in [-0.4, -0.2) is 34.3 Å². The predicted octanol–water partition coefficient (Wildman–Crippen LogP) is 4.88. The largest absolute Gasteiger partial charge is 0.458 e. The van der Waals surface area contributed by atoms with Gasteiger partial charge in [0.25, 0.3) is 22.2 Å². The van der Waals surface area contributed by atoms with Gasteiger partial charge in [-0.25, -0.2) is 18.7 Å². The SMILES string of the molecule is C=CCOC(=O)c1cccc2c(-n3c(=O)c4cc5c(=O)n(-c6cccc7c(C(=O)OCC=C)cccc67)c(=O)c5cc4c3=O)cccc12. The maximum absolute atomic E-state index is 13.8. The fourth-order valence-corrected chi connectivity index (χ4v) is 6.17. The minimum Gasteiger partial charge on any atom is -0.458 e. The van der Waals surface area contributed by atoms with Gasteiger partial charge in [0, 0.05) is 10.8 Å². The van der Waals surface area contributed by atoms with E-state index in [0.29, 0.717) is 21.5 Å². The number of carbonyl (C=O) groups excluding carboxylic acids is 2. The van der Waals surface area contributed by atoms with Gasteiger partial charge in [-0.05, 0) is 47.2 Å². The molecule has 0 spiro atoms. The van der Waals surface area contributed by atoms with Crippen LogP contribution in [0.2, 0.25) is 0 Å². The average Bonchev–Trinajstić information content (AvgIpc) is 3.50. The normalized spacial score (nSPS) is 11.3. The maximum atomic E-state index is 13.8. The summed E-state index contributed by atoms with van der Waals surface area (Å²) in [5.41, 5.74) is -1.78. The molecule has 0 amide bonds. The number of nitrogens with zero attached hydrogens (tertiary/aromatic N) is 2. The minimum atomic E-state index is -0.684. The van der Waals surface area contributed by atoms with E-state index < -0.39 is 34.2 Å². The van der Waals surface area contributed by atoms with Crippen molar-refractivity contribution in [2.24, 2.45) is 0 Å². The Morgan fingerprint density at radius 2 is 0.833 bits per heavy atom. The number of hydrogen-bond donors (Lipinski definition) is 0. The zero-order valence-corrected chi connectivity index (χ0v) is 25.2. The van der Waals surface area contributed by atoms with E-state index in [0.717, 1.165) is 9.13 Å². The van der Waals surface area contributed by atoms with Gasteiger partial charge < -0.3 is 9.47 Å². The number of aromatic nitrogens is 2. The third-order valence-electron chi connectivity index (χ3n) is 8.28. The molecular formula is C38H24N2O8. The van der Waals surface area contributed by atoms with Crippen LogP contribution in [0.15, 0.2) is 129 Å². The standard InChI is InChI=1S/C38H24N2O8/c1-3-17-47-37(45)25-13-5-11-23-21(25)9-7-15-31(23)39-33(41)27-19-29-30(20-28(27)34(39)42)36(44)40(35(29)43)32-16-8-10-22-24(32)12-6-14-26(22)38(46)48-18-4-2/h3-16,19-20H,1-2,17-18H2. The molecule has 0 aliphatic heterocycles. The molecule has 7 aromatic rings. The van der Waals surface area contributed by atoms with Gasteiger partial charge >= 0.3 is 11.9 Å². The molecule has 0 saturated carbocycles. The lowest BCUT2D eigenvalue weighted by atomic mass is 10.0. The van der Waals surface area contributed by atoms with Crippen LogP contribution in [0.1, 0.15) is 20.7 Å². The third-order valence-corrected chi connectivity index (χ3v) is 8.28. The highest BCUT2D eigenvalue weighted by molar-refractivity contribution is 6.08. The molecule has 0 saturated heterocycles. The van der Waals surface area contributed by atoms with Gasteiger partial charge in [-0.1, -0.05) is 73.8 Å². The van der Waals surface area contributed by atoms with Crippen LogP contribution in [-0.2, 0) is 9.47 Å². The van der Waals surface area contributed by atoms with Gasteiger partial charge in [0.15, 0.2) is 0 Å². The summed E-state index contributed by atoms with van der Waals surface area (Å²) in [5.74, 6) is -1.18. The number of ether oxygens (including phenoxy) is 2. The number of benzene rings is 5. The first kappa shape index (κ1) is 30.0. The van der Waals surface area contributed by atoms with Crippen LogP contribution in [0.5, 0.6) is 0 Å². The molecule has 0 N–H and O–H groups in total. The molecule has 10 nitrogen and oxygen atoms in total. The predicted molar refractivity (Wildman–Crippen MR) is 184 cm³/mol. The van der Waals surface area contributed by atoms with E-state index in [1.807, 2.05) is 0 Å². The molecule has 234 valence electrons. The molecule has 0 bridgehead atoms. The second-order valence-corrected chi connectivity index (χ2v) is 11.0. The number of carbonyl (C=O) groups is 2. The summed E-state index contributed by atoms with van der Waals surface area (Å²) in [6, 6.07) is 22.1. The van der Waals surface area contributed by atoms with Crippen LogP contribution in [0, 0.1) is 0 Å². The van der Waals surface area contributed by atoms with Crippen molar-refractivity contribution in [3.63, 3.8) is 0 Å². The van der Waals surface area contributed by atoms with E-state index in [2.05, 4.69) is 13.2 Å². The number of esters is 2. The first-order chi connectivity index (χ1) is 23.3. The lowest BCUT2D eigenvalue weighted by Crippen LogP contribution is -2.24. The Morgan fingerprint density at radius 3 is 1.19 bits per heavy atom. The average molecular weight is 637 g/mol. The smallest absolute Gasteiger partial charge is 0.339 e. The Hall–Kier alpha value is -6.68. The summed E-state index contributed by atoms with van der Waals surface area (Å²) >= 11 is 0. The van der Waals surface area contributed by atoms with Crippen molar-refractivity contribution in [2.75, 3.05) is 13.2 Å².